The highest BCUT2D eigenvalue weighted by molar-refractivity contribution is 6.87. The van der Waals surface area contributed by atoms with E-state index in [9.17, 15) is 0 Å². The average Bonchev–Trinajstić information content (AvgIpc) is 2.89. The molecule has 3 aromatic rings. The van der Waals surface area contributed by atoms with Crippen LogP contribution in [0.4, 0.5) is 0 Å². The molecule has 3 aromatic carbocycles. The third-order valence-electron chi connectivity index (χ3n) is 3.96. The maximum absolute atomic E-state index is 6.07. The van der Waals surface area contributed by atoms with E-state index in [1.54, 1.807) is 0 Å². The molecule has 0 aromatic heterocycles. The number of rotatable bonds is 3. The highest BCUT2D eigenvalue weighted by Crippen LogP contribution is 2.10. The molecule has 0 amide bonds. The third-order valence-corrected chi connectivity index (χ3v) is 3.96. The van der Waals surface area contributed by atoms with Gasteiger partial charge < -0.3 is 13.7 Å². The molecule has 30 heavy (non-hydrogen) atoms. The standard InChI is InChI=1S/C18H15B3O3.3C2H6/c1-4-10-16(11-5-1)19-22-20(17-12-6-2-7-13-17)24-21(23-19)18-14-8-3-9-15-18;3*1-2/h1-15H;3*1-2H3. The molecule has 1 aliphatic rings. The maximum Gasteiger partial charge on any atom is 0.467 e. The summed E-state index contributed by atoms with van der Waals surface area (Å²) in [5.74, 6) is 0. The van der Waals surface area contributed by atoms with Crippen LogP contribution in [0.3, 0.4) is 0 Å². The van der Waals surface area contributed by atoms with Crippen LogP contribution < -0.4 is 16.4 Å². The summed E-state index contributed by atoms with van der Waals surface area (Å²) in [6.07, 6.45) is 0. The molecular weight excluding hydrogens is 369 g/mol. The minimum atomic E-state index is -0.477. The summed E-state index contributed by atoms with van der Waals surface area (Å²) in [4.78, 5) is 0. The van der Waals surface area contributed by atoms with Gasteiger partial charge in [0.2, 0.25) is 0 Å². The molecule has 1 aliphatic heterocycles. The molecule has 3 nitrogen and oxygen atoms in total. The monoisotopic (exact) mass is 402 g/mol. The summed E-state index contributed by atoms with van der Waals surface area (Å²) in [7, 11) is -1.43. The molecule has 0 saturated carbocycles. The summed E-state index contributed by atoms with van der Waals surface area (Å²) in [5.41, 5.74) is 2.92. The molecule has 0 bridgehead atoms. The maximum atomic E-state index is 6.07. The molecule has 1 fully saturated rings. The first kappa shape index (κ1) is 25.8. The lowest BCUT2D eigenvalue weighted by Gasteiger charge is -2.31. The topological polar surface area (TPSA) is 27.7 Å². The first-order valence-corrected chi connectivity index (χ1v) is 11.0. The molecule has 1 heterocycles. The van der Waals surface area contributed by atoms with E-state index in [1.807, 2.05) is 133 Å². The van der Waals surface area contributed by atoms with Gasteiger partial charge in [0.25, 0.3) is 0 Å². The van der Waals surface area contributed by atoms with Crippen LogP contribution in [0.25, 0.3) is 0 Å². The molecule has 6 heteroatoms. The average molecular weight is 402 g/mol. The first-order chi connectivity index (χ1) is 14.9. The zero-order chi connectivity index (χ0) is 22.2. The Balaban J connectivity index is 0.000000691. The summed E-state index contributed by atoms with van der Waals surface area (Å²) < 4.78 is 18.2. The molecule has 0 unspecified atom stereocenters. The van der Waals surface area contributed by atoms with Crippen molar-refractivity contribution >= 4 is 37.7 Å². The number of hydrogen-bond donors (Lipinski definition) is 0. The second-order valence-electron chi connectivity index (χ2n) is 5.64. The minimum absolute atomic E-state index is 0.477. The predicted octanol–water partition coefficient (Wildman–Crippen LogP) is 4.31. The van der Waals surface area contributed by atoms with Gasteiger partial charge >= 0.3 is 21.4 Å². The van der Waals surface area contributed by atoms with Crippen molar-refractivity contribution in [2.45, 2.75) is 41.5 Å². The third kappa shape index (κ3) is 7.53. The molecule has 0 atom stereocenters. The normalized spacial score (nSPS) is 12.4. The summed E-state index contributed by atoms with van der Waals surface area (Å²) in [5, 5.41) is 0. The molecule has 0 aliphatic carbocycles. The Hall–Kier alpha value is -2.27. The second-order valence-corrected chi connectivity index (χ2v) is 5.64. The molecule has 0 radical (unpaired) electrons. The highest BCUT2D eigenvalue weighted by Gasteiger charge is 2.43. The van der Waals surface area contributed by atoms with E-state index in [1.165, 1.54) is 0 Å². The molecule has 0 N–H and O–H groups in total. The van der Waals surface area contributed by atoms with Crippen LogP contribution >= 0.6 is 0 Å². The van der Waals surface area contributed by atoms with E-state index in [4.69, 9.17) is 13.7 Å². The molecule has 4 rings (SSSR count). The van der Waals surface area contributed by atoms with Crippen LogP contribution in [0.5, 0.6) is 0 Å². The molecule has 156 valence electrons. The van der Waals surface area contributed by atoms with Crippen molar-refractivity contribution in [3.05, 3.63) is 91.0 Å². The van der Waals surface area contributed by atoms with Gasteiger partial charge in [0.15, 0.2) is 0 Å². The summed E-state index contributed by atoms with van der Waals surface area (Å²) >= 11 is 0. The fourth-order valence-electron chi connectivity index (χ4n) is 2.73. The van der Waals surface area contributed by atoms with Crippen LogP contribution in [0.1, 0.15) is 41.5 Å². The van der Waals surface area contributed by atoms with Gasteiger partial charge in [0.1, 0.15) is 0 Å². The van der Waals surface area contributed by atoms with Crippen LogP contribution in [0.2, 0.25) is 0 Å². The van der Waals surface area contributed by atoms with Crippen molar-refractivity contribution in [1.29, 1.82) is 0 Å². The van der Waals surface area contributed by atoms with E-state index in [0.717, 1.165) is 16.4 Å². The Morgan fingerprint density at radius 3 is 0.767 bits per heavy atom. The highest BCUT2D eigenvalue weighted by atomic mass is 16.7. The largest absolute Gasteiger partial charge is 0.467 e. The van der Waals surface area contributed by atoms with E-state index in [0.29, 0.717) is 0 Å². The fourth-order valence-corrected chi connectivity index (χ4v) is 2.73. The van der Waals surface area contributed by atoms with Crippen molar-refractivity contribution < 1.29 is 13.7 Å². The van der Waals surface area contributed by atoms with Crippen LogP contribution in [-0.2, 0) is 13.7 Å². The van der Waals surface area contributed by atoms with Gasteiger partial charge in [0, 0.05) is 0 Å². The van der Waals surface area contributed by atoms with Crippen molar-refractivity contribution in [1.82, 2.24) is 0 Å². The SMILES string of the molecule is CC.CC.CC.c1ccc(B2OB(c3ccccc3)OB(c3ccccc3)O2)cc1. The van der Waals surface area contributed by atoms with Gasteiger partial charge in [-0.15, -0.1) is 0 Å². The van der Waals surface area contributed by atoms with Crippen molar-refractivity contribution in [2.75, 3.05) is 0 Å². The van der Waals surface area contributed by atoms with Gasteiger partial charge in [-0.1, -0.05) is 133 Å². The van der Waals surface area contributed by atoms with Crippen molar-refractivity contribution in [2.24, 2.45) is 0 Å². The molecular formula is C24H33B3O3. The molecule has 1 saturated heterocycles. The van der Waals surface area contributed by atoms with Crippen molar-refractivity contribution in [3.8, 4) is 0 Å². The summed E-state index contributed by atoms with van der Waals surface area (Å²) in [6, 6.07) is 29.8. The van der Waals surface area contributed by atoms with Crippen LogP contribution in [-0.4, -0.2) is 21.4 Å². The van der Waals surface area contributed by atoms with Crippen molar-refractivity contribution in [3.63, 3.8) is 0 Å². The Kier molecular flexibility index (Phi) is 13.4. The van der Waals surface area contributed by atoms with E-state index >= 15 is 0 Å². The lowest BCUT2D eigenvalue weighted by Crippen LogP contribution is -2.61. The van der Waals surface area contributed by atoms with E-state index in [2.05, 4.69) is 0 Å². The molecule has 0 spiro atoms. The van der Waals surface area contributed by atoms with Gasteiger partial charge in [-0.25, -0.2) is 0 Å². The van der Waals surface area contributed by atoms with Gasteiger partial charge in [-0.2, -0.15) is 0 Å². The fraction of sp³-hybridized carbons (Fsp3) is 0.250. The quantitative estimate of drug-likeness (QED) is 0.612. The zero-order valence-corrected chi connectivity index (χ0v) is 19.1. The Labute approximate surface area is 184 Å². The van der Waals surface area contributed by atoms with Gasteiger partial charge in [0.05, 0.1) is 0 Å². The van der Waals surface area contributed by atoms with Gasteiger partial charge in [-0.05, 0) is 16.4 Å². The Morgan fingerprint density at radius 1 is 0.367 bits per heavy atom. The Bertz CT molecular complexity index is 659. The van der Waals surface area contributed by atoms with E-state index < -0.39 is 21.4 Å². The zero-order valence-electron chi connectivity index (χ0n) is 19.1. The second kappa shape index (κ2) is 15.6. The number of hydrogen-bond acceptors (Lipinski definition) is 3. The Morgan fingerprint density at radius 2 is 0.567 bits per heavy atom. The van der Waals surface area contributed by atoms with Gasteiger partial charge in [-0.3, -0.25) is 0 Å². The summed E-state index contributed by atoms with van der Waals surface area (Å²) in [6.45, 7) is 12.0. The smallest absolute Gasteiger partial charge is 0.445 e. The first-order valence-electron chi connectivity index (χ1n) is 11.0. The minimum Gasteiger partial charge on any atom is -0.445 e. The van der Waals surface area contributed by atoms with Crippen LogP contribution in [0, 0.1) is 0 Å². The lowest BCUT2D eigenvalue weighted by molar-refractivity contribution is 0.308. The van der Waals surface area contributed by atoms with E-state index in [-0.39, 0.29) is 0 Å². The predicted molar refractivity (Wildman–Crippen MR) is 133 cm³/mol. The lowest BCUT2D eigenvalue weighted by atomic mass is 9.61. The van der Waals surface area contributed by atoms with Crippen LogP contribution in [0.15, 0.2) is 91.0 Å². The number of benzene rings is 3.